The Morgan fingerprint density at radius 1 is 0.917 bits per heavy atom. The van der Waals surface area contributed by atoms with Crippen molar-refractivity contribution >= 4 is 39.4 Å². The molecule has 0 aliphatic carbocycles. The van der Waals surface area contributed by atoms with Crippen LogP contribution in [0.3, 0.4) is 0 Å². The Morgan fingerprint density at radius 3 is 2.56 bits per heavy atom. The summed E-state index contributed by atoms with van der Waals surface area (Å²) in [6.45, 7) is 2.18. The Kier molecular flexibility index (Phi) is 6.00. The number of pyridine rings is 3. The molecule has 3 aromatic heterocycles. The molecule has 0 aliphatic rings. The number of nitrogens with one attached hydrogen (secondary N) is 1. The van der Waals surface area contributed by atoms with Gasteiger partial charge in [-0.25, -0.2) is 9.78 Å². The number of hydrogen-bond acceptors (Lipinski definition) is 6. The number of hydrogen-bond donors (Lipinski definition) is 3. The van der Waals surface area contributed by atoms with Crippen molar-refractivity contribution in [2.45, 2.75) is 19.9 Å². The molecule has 178 valence electrons. The molecule has 0 saturated heterocycles. The molecule has 0 aliphatic heterocycles. The molecule has 8 nitrogen and oxygen atoms in total. The molecule has 0 bridgehead atoms. The zero-order valence-electron chi connectivity index (χ0n) is 19.5. The van der Waals surface area contributed by atoms with Gasteiger partial charge in [0, 0.05) is 53.1 Å². The number of aromatic nitrogens is 3. The molecule has 0 radical (unpaired) electrons. The van der Waals surface area contributed by atoms with Gasteiger partial charge in [-0.3, -0.25) is 14.8 Å². The Bertz CT molecular complexity index is 1650. The lowest BCUT2D eigenvalue weighted by Crippen LogP contribution is -2.23. The molecule has 5 rings (SSSR count). The topological polar surface area (TPSA) is 131 Å². The van der Waals surface area contributed by atoms with Crippen LogP contribution in [0.5, 0.6) is 0 Å². The first kappa shape index (κ1) is 22.9. The lowest BCUT2D eigenvalue weighted by atomic mass is 10.0. The average molecular weight is 478 g/mol. The van der Waals surface area contributed by atoms with E-state index in [1.54, 1.807) is 30.6 Å². The van der Waals surface area contributed by atoms with Crippen LogP contribution in [-0.4, -0.2) is 31.9 Å². The third kappa shape index (κ3) is 4.69. The van der Waals surface area contributed by atoms with E-state index in [-0.39, 0.29) is 11.5 Å². The van der Waals surface area contributed by atoms with Crippen molar-refractivity contribution in [3.8, 4) is 0 Å². The highest BCUT2D eigenvalue weighted by atomic mass is 16.4. The number of rotatable bonds is 6. The summed E-state index contributed by atoms with van der Waals surface area (Å²) in [6.07, 6.45) is 3.62. The smallest absolute Gasteiger partial charge is 0.337 e. The number of carbonyl (C=O) groups is 2. The molecule has 3 heterocycles. The highest BCUT2D eigenvalue weighted by Gasteiger charge is 2.14. The maximum atomic E-state index is 12.8. The van der Waals surface area contributed by atoms with Gasteiger partial charge < -0.3 is 16.2 Å². The lowest BCUT2D eigenvalue weighted by Gasteiger charge is -2.10. The van der Waals surface area contributed by atoms with Gasteiger partial charge in [-0.15, -0.1) is 0 Å². The van der Waals surface area contributed by atoms with Crippen LogP contribution in [0, 0.1) is 6.92 Å². The highest BCUT2D eigenvalue weighted by molar-refractivity contribution is 6.02. The Hall–Kier alpha value is -4.85. The van der Waals surface area contributed by atoms with Gasteiger partial charge in [-0.1, -0.05) is 18.2 Å². The monoisotopic (exact) mass is 477 g/mol. The SMILES string of the molecule is Cc1ccc2cc(Cc3cc(C(=O)NCc4ccc5c(N)nccc5c4)ccn3)cc(C(=O)O)c2n1. The molecule has 0 atom stereocenters. The van der Waals surface area contributed by atoms with Crippen LogP contribution < -0.4 is 11.1 Å². The number of benzene rings is 2. The van der Waals surface area contributed by atoms with Gasteiger partial charge in [0.25, 0.3) is 5.91 Å². The minimum absolute atomic E-state index is 0.146. The molecule has 0 unspecified atom stereocenters. The number of aromatic carboxylic acids is 1. The molecule has 5 aromatic rings. The average Bonchev–Trinajstić information content (AvgIpc) is 2.87. The van der Waals surface area contributed by atoms with E-state index < -0.39 is 5.97 Å². The normalized spacial score (nSPS) is 11.0. The number of nitrogen functional groups attached to an aromatic ring is 1. The second kappa shape index (κ2) is 9.42. The predicted octanol–water partition coefficient (Wildman–Crippen LogP) is 4.29. The minimum atomic E-state index is -1.03. The maximum absolute atomic E-state index is 12.8. The van der Waals surface area contributed by atoms with Gasteiger partial charge in [0.15, 0.2) is 0 Å². The van der Waals surface area contributed by atoms with E-state index in [1.165, 1.54) is 0 Å². The van der Waals surface area contributed by atoms with E-state index in [4.69, 9.17) is 5.73 Å². The predicted molar refractivity (Wildman–Crippen MR) is 138 cm³/mol. The van der Waals surface area contributed by atoms with Crippen molar-refractivity contribution in [1.29, 1.82) is 0 Å². The van der Waals surface area contributed by atoms with Crippen LogP contribution >= 0.6 is 0 Å². The Labute approximate surface area is 206 Å². The van der Waals surface area contributed by atoms with Crippen molar-refractivity contribution in [2.24, 2.45) is 0 Å². The van der Waals surface area contributed by atoms with Crippen LogP contribution in [0.1, 0.15) is 43.2 Å². The summed E-state index contributed by atoms with van der Waals surface area (Å²) in [5, 5.41) is 15.2. The van der Waals surface area contributed by atoms with E-state index in [0.29, 0.717) is 35.6 Å². The molecule has 2 aromatic carbocycles. The zero-order chi connectivity index (χ0) is 25.2. The van der Waals surface area contributed by atoms with Crippen LogP contribution in [0.2, 0.25) is 0 Å². The van der Waals surface area contributed by atoms with E-state index >= 15 is 0 Å². The summed E-state index contributed by atoms with van der Waals surface area (Å²) in [5.41, 5.74) is 10.1. The number of carboxylic acids is 1. The second-order valence-corrected chi connectivity index (χ2v) is 8.62. The number of aryl methyl sites for hydroxylation is 1. The number of nitrogens with zero attached hydrogens (tertiary/aromatic N) is 3. The number of amides is 1. The maximum Gasteiger partial charge on any atom is 0.337 e. The molecular weight excluding hydrogens is 454 g/mol. The van der Waals surface area contributed by atoms with Crippen LogP contribution in [0.4, 0.5) is 5.82 Å². The lowest BCUT2D eigenvalue weighted by molar-refractivity contribution is 0.0698. The summed E-state index contributed by atoms with van der Waals surface area (Å²) in [5.74, 6) is -0.785. The third-order valence-corrected chi connectivity index (χ3v) is 6.00. The molecule has 0 saturated carbocycles. The number of nitrogens with two attached hydrogens (primary N) is 1. The summed E-state index contributed by atoms with van der Waals surface area (Å²) in [7, 11) is 0. The largest absolute Gasteiger partial charge is 0.478 e. The molecular formula is C28H23N5O3. The van der Waals surface area contributed by atoms with Crippen molar-refractivity contribution in [3.05, 3.63) is 107 Å². The number of anilines is 1. The van der Waals surface area contributed by atoms with Crippen molar-refractivity contribution in [1.82, 2.24) is 20.3 Å². The second-order valence-electron chi connectivity index (χ2n) is 8.62. The molecule has 0 fully saturated rings. The zero-order valence-corrected chi connectivity index (χ0v) is 19.5. The van der Waals surface area contributed by atoms with Crippen molar-refractivity contribution < 1.29 is 14.7 Å². The Morgan fingerprint density at radius 2 is 1.72 bits per heavy atom. The minimum Gasteiger partial charge on any atom is -0.478 e. The number of carboxylic acid groups (broad SMARTS) is 1. The quantitative estimate of drug-likeness (QED) is 0.332. The first-order valence-electron chi connectivity index (χ1n) is 11.4. The van der Waals surface area contributed by atoms with E-state index in [2.05, 4.69) is 20.3 Å². The molecule has 1 amide bonds. The highest BCUT2D eigenvalue weighted by Crippen LogP contribution is 2.23. The van der Waals surface area contributed by atoms with Crippen LogP contribution in [0.15, 0.2) is 73.1 Å². The third-order valence-electron chi connectivity index (χ3n) is 6.00. The molecule has 0 spiro atoms. The van der Waals surface area contributed by atoms with Crippen molar-refractivity contribution in [3.63, 3.8) is 0 Å². The fourth-order valence-corrected chi connectivity index (χ4v) is 4.23. The van der Waals surface area contributed by atoms with E-state index in [9.17, 15) is 14.7 Å². The Balaban J connectivity index is 1.33. The van der Waals surface area contributed by atoms with E-state index in [0.717, 1.165) is 33.0 Å². The number of fused-ring (bicyclic) bond motifs is 2. The molecule has 4 N–H and O–H groups in total. The van der Waals surface area contributed by atoms with Crippen molar-refractivity contribution in [2.75, 3.05) is 5.73 Å². The summed E-state index contributed by atoms with van der Waals surface area (Å²) >= 11 is 0. The molecule has 8 heteroatoms. The van der Waals surface area contributed by atoms with Gasteiger partial charge in [0.2, 0.25) is 0 Å². The van der Waals surface area contributed by atoms with E-state index in [1.807, 2.05) is 49.4 Å². The van der Waals surface area contributed by atoms with Gasteiger partial charge in [-0.2, -0.15) is 0 Å². The summed E-state index contributed by atoms with van der Waals surface area (Å²) in [6, 6.07) is 18.3. The van der Waals surface area contributed by atoms with Crippen LogP contribution in [0.25, 0.3) is 21.7 Å². The first-order valence-corrected chi connectivity index (χ1v) is 11.4. The van der Waals surface area contributed by atoms with Gasteiger partial charge in [0.1, 0.15) is 5.82 Å². The molecule has 36 heavy (non-hydrogen) atoms. The summed E-state index contributed by atoms with van der Waals surface area (Å²) < 4.78 is 0. The van der Waals surface area contributed by atoms with Gasteiger partial charge in [0.05, 0.1) is 11.1 Å². The standard InChI is InChI=1S/C28H23N5O3/c1-16-2-4-20-11-18(13-24(28(35)36)25(20)33-16)12-22-14-21(7-8-30-22)27(34)32-15-17-3-5-23-19(10-17)6-9-31-26(23)29/h2-11,13-14H,12,15H2,1H3,(H2,29,31)(H,32,34)(H,35,36). The van der Waals surface area contributed by atoms with Crippen LogP contribution in [-0.2, 0) is 13.0 Å². The first-order chi connectivity index (χ1) is 17.4. The van der Waals surface area contributed by atoms with Gasteiger partial charge in [-0.05, 0) is 65.9 Å². The van der Waals surface area contributed by atoms with Gasteiger partial charge >= 0.3 is 5.97 Å². The fourth-order valence-electron chi connectivity index (χ4n) is 4.23. The summed E-state index contributed by atoms with van der Waals surface area (Å²) in [4.78, 5) is 37.5. The fraction of sp³-hybridized carbons (Fsp3) is 0.107. The number of carbonyl (C=O) groups excluding carboxylic acids is 1.